The Bertz CT molecular complexity index is 321. The quantitative estimate of drug-likeness (QED) is 0.732. The number of carbonyl (C=O) groups excluding carboxylic acids is 1. The van der Waals surface area contributed by atoms with Gasteiger partial charge in [-0.3, -0.25) is 4.79 Å². The lowest BCUT2D eigenvalue weighted by atomic mass is 10.2. The van der Waals surface area contributed by atoms with E-state index in [-0.39, 0.29) is 12.6 Å². The van der Waals surface area contributed by atoms with Crippen molar-refractivity contribution in [2.75, 3.05) is 18.1 Å². The number of nitrogens with zero attached hydrogens (tertiary/aromatic N) is 1. The third kappa shape index (κ3) is 1.53. The summed E-state index contributed by atoms with van der Waals surface area (Å²) in [4.78, 5) is 12.4. The standard InChI is InChI=1S/C10H13NO3/c12-6-8-2-1-5-11(8)10-4-3-9(7-13)14-10/h3-4,7-8,12H,1-2,5-6H2/t8-/m0/s1. The fraction of sp³-hybridized carbons (Fsp3) is 0.500. The molecule has 1 fully saturated rings. The van der Waals surface area contributed by atoms with Crippen LogP contribution in [0.2, 0.25) is 0 Å². The van der Waals surface area contributed by atoms with Crippen LogP contribution in [0.5, 0.6) is 0 Å². The van der Waals surface area contributed by atoms with Gasteiger partial charge in [0.1, 0.15) is 0 Å². The van der Waals surface area contributed by atoms with Crippen LogP contribution < -0.4 is 4.90 Å². The van der Waals surface area contributed by atoms with Crippen LogP contribution in [0, 0.1) is 0 Å². The summed E-state index contributed by atoms with van der Waals surface area (Å²) >= 11 is 0. The summed E-state index contributed by atoms with van der Waals surface area (Å²) in [5.41, 5.74) is 0. The van der Waals surface area contributed by atoms with Crippen LogP contribution in [0.15, 0.2) is 16.5 Å². The predicted molar refractivity (Wildman–Crippen MR) is 51.5 cm³/mol. The van der Waals surface area contributed by atoms with Crippen LogP contribution in [0.25, 0.3) is 0 Å². The van der Waals surface area contributed by atoms with Gasteiger partial charge in [-0.1, -0.05) is 0 Å². The maximum Gasteiger partial charge on any atom is 0.196 e. The van der Waals surface area contributed by atoms with Crippen molar-refractivity contribution in [3.05, 3.63) is 17.9 Å². The number of hydrogen-bond acceptors (Lipinski definition) is 4. The minimum Gasteiger partial charge on any atom is -0.438 e. The minimum absolute atomic E-state index is 0.136. The molecule has 0 aromatic carbocycles. The third-order valence-corrected chi connectivity index (χ3v) is 2.60. The van der Waals surface area contributed by atoms with Gasteiger partial charge in [0, 0.05) is 12.6 Å². The Kier molecular flexibility index (Phi) is 2.54. The number of carbonyl (C=O) groups is 1. The predicted octanol–water partition coefficient (Wildman–Crippen LogP) is 1.05. The molecular weight excluding hydrogens is 182 g/mol. The molecule has 0 spiro atoms. The number of furan rings is 1. The van der Waals surface area contributed by atoms with E-state index in [1.165, 1.54) is 0 Å². The summed E-state index contributed by atoms with van der Waals surface area (Å²) in [5, 5.41) is 9.11. The van der Waals surface area contributed by atoms with E-state index in [1.54, 1.807) is 12.1 Å². The van der Waals surface area contributed by atoms with Crippen molar-refractivity contribution in [2.45, 2.75) is 18.9 Å². The van der Waals surface area contributed by atoms with Gasteiger partial charge in [0.2, 0.25) is 0 Å². The minimum atomic E-state index is 0.136. The molecule has 1 N–H and O–H groups in total. The fourth-order valence-electron chi connectivity index (χ4n) is 1.88. The molecule has 0 amide bonds. The van der Waals surface area contributed by atoms with Crippen molar-refractivity contribution in [2.24, 2.45) is 0 Å². The molecule has 4 heteroatoms. The zero-order chi connectivity index (χ0) is 9.97. The Morgan fingerprint density at radius 1 is 1.64 bits per heavy atom. The lowest BCUT2D eigenvalue weighted by molar-refractivity contribution is 0.110. The molecule has 1 aromatic rings. The lowest BCUT2D eigenvalue weighted by Crippen LogP contribution is -2.31. The molecule has 76 valence electrons. The van der Waals surface area contributed by atoms with Crippen LogP contribution in [-0.4, -0.2) is 30.6 Å². The van der Waals surface area contributed by atoms with Gasteiger partial charge < -0.3 is 14.4 Å². The number of hydrogen-bond donors (Lipinski definition) is 1. The average Bonchev–Trinajstić information content (AvgIpc) is 2.85. The average molecular weight is 195 g/mol. The lowest BCUT2D eigenvalue weighted by Gasteiger charge is -2.21. The first-order valence-electron chi connectivity index (χ1n) is 4.77. The maximum atomic E-state index is 10.4. The van der Waals surface area contributed by atoms with Crippen LogP contribution >= 0.6 is 0 Å². The SMILES string of the molecule is O=Cc1ccc(N2CCC[C@H]2CO)o1. The van der Waals surface area contributed by atoms with Gasteiger partial charge in [-0.15, -0.1) is 0 Å². The molecule has 0 aliphatic carbocycles. The molecule has 4 nitrogen and oxygen atoms in total. The van der Waals surface area contributed by atoms with E-state index in [0.717, 1.165) is 19.4 Å². The molecule has 0 bridgehead atoms. The van der Waals surface area contributed by atoms with Crippen LogP contribution in [-0.2, 0) is 0 Å². The normalized spacial score (nSPS) is 21.5. The Labute approximate surface area is 82.1 Å². The molecule has 0 radical (unpaired) electrons. The molecule has 0 unspecified atom stereocenters. The van der Waals surface area contributed by atoms with Crippen molar-refractivity contribution in [3.63, 3.8) is 0 Å². The molecule has 1 atom stereocenters. The summed E-state index contributed by atoms with van der Waals surface area (Å²) in [6.45, 7) is 1.02. The maximum absolute atomic E-state index is 10.4. The first-order valence-corrected chi connectivity index (χ1v) is 4.77. The number of aldehydes is 1. The van der Waals surface area contributed by atoms with Crippen LogP contribution in [0.1, 0.15) is 23.4 Å². The summed E-state index contributed by atoms with van der Waals surface area (Å²) in [7, 11) is 0. The van der Waals surface area contributed by atoms with Gasteiger partial charge in [-0.2, -0.15) is 0 Å². The summed E-state index contributed by atoms with van der Waals surface area (Å²) in [6.07, 6.45) is 2.73. The summed E-state index contributed by atoms with van der Waals surface area (Å²) < 4.78 is 5.30. The van der Waals surface area contributed by atoms with E-state index < -0.39 is 0 Å². The zero-order valence-corrected chi connectivity index (χ0v) is 7.85. The molecule has 0 saturated carbocycles. The monoisotopic (exact) mass is 195 g/mol. The van der Waals surface area contributed by atoms with Gasteiger partial charge >= 0.3 is 0 Å². The van der Waals surface area contributed by atoms with Crippen molar-refractivity contribution < 1.29 is 14.3 Å². The Morgan fingerprint density at radius 2 is 2.50 bits per heavy atom. The topological polar surface area (TPSA) is 53.7 Å². The van der Waals surface area contributed by atoms with E-state index in [2.05, 4.69) is 0 Å². The number of aliphatic hydroxyl groups excluding tert-OH is 1. The van der Waals surface area contributed by atoms with Crippen molar-refractivity contribution >= 4 is 12.2 Å². The summed E-state index contributed by atoms with van der Waals surface area (Å²) in [6, 6.07) is 3.56. The largest absolute Gasteiger partial charge is 0.438 e. The van der Waals surface area contributed by atoms with Gasteiger partial charge in [0.25, 0.3) is 0 Å². The van der Waals surface area contributed by atoms with Crippen LogP contribution in [0.3, 0.4) is 0 Å². The second kappa shape index (κ2) is 3.84. The highest BCUT2D eigenvalue weighted by Crippen LogP contribution is 2.26. The zero-order valence-electron chi connectivity index (χ0n) is 7.85. The molecule has 1 aliphatic heterocycles. The van der Waals surface area contributed by atoms with Gasteiger partial charge in [-0.25, -0.2) is 0 Å². The highest BCUT2D eigenvalue weighted by atomic mass is 16.4. The Balaban J connectivity index is 2.17. The van der Waals surface area contributed by atoms with Gasteiger partial charge in [0.05, 0.1) is 12.6 Å². The first kappa shape index (κ1) is 9.27. The molecule has 2 heterocycles. The number of aliphatic hydroxyl groups is 1. The van der Waals surface area contributed by atoms with E-state index in [9.17, 15) is 4.79 Å². The van der Waals surface area contributed by atoms with E-state index in [0.29, 0.717) is 17.9 Å². The highest BCUT2D eigenvalue weighted by Gasteiger charge is 2.25. The molecule has 14 heavy (non-hydrogen) atoms. The molecule has 1 aromatic heterocycles. The van der Waals surface area contributed by atoms with Gasteiger partial charge in [-0.05, 0) is 18.9 Å². The first-order chi connectivity index (χ1) is 6.85. The molecular formula is C10H13NO3. The second-order valence-electron chi connectivity index (χ2n) is 3.47. The third-order valence-electron chi connectivity index (χ3n) is 2.60. The highest BCUT2D eigenvalue weighted by molar-refractivity contribution is 5.71. The smallest absolute Gasteiger partial charge is 0.196 e. The van der Waals surface area contributed by atoms with E-state index in [4.69, 9.17) is 9.52 Å². The van der Waals surface area contributed by atoms with E-state index >= 15 is 0 Å². The Hall–Kier alpha value is -1.29. The number of anilines is 1. The molecule has 1 aliphatic rings. The Morgan fingerprint density at radius 3 is 3.14 bits per heavy atom. The second-order valence-corrected chi connectivity index (χ2v) is 3.47. The molecule has 1 saturated heterocycles. The van der Waals surface area contributed by atoms with Crippen molar-refractivity contribution in [1.29, 1.82) is 0 Å². The van der Waals surface area contributed by atoms with Crippen LogP contribution in [0.4, 0.5) is 5.88 Å². The van der Waals surface area contributed by atoms with E-state index in [1.807, 2.05) is 4.90 Å². The molecule has 2 rings (SSSR count). The van der Waals surface area contributed by atoms with Gasteiger partial charge in [0.15, 0.2) is 17.9 Å². The fourth-order valence-corrected chi connectivity index (χ4v) is 1.88. The van der Waals surface area contributed by atoms with Crippen molar-refractivity contribution in [1.82, 2.24) is 0 Å². The van der Waals surface area contributed by atoms with Crippen molar-refractivity contribution in [3.8, 4) is 0 Å². The number of rotatable bonds is 3. The summed E-state index contributed by atoms with van der Waals surface area (Å²) in [5.74, 6) is 1.02.